The average Bonchev–Trinajstić information content (AvgIpc) is 3.30. The molecule has 6 nitrogen and oxygen atoms in total. The molecular weight excluding hydrogens is 396 g/mol. The van der Waals surface area contributed by atoms with Crippen LogP contribution in [0.5, 0.6) is 0 Å². The van der Waals surface area contributed by atoms with E-state index in [1.54, 1.807) is 16.4 Å². The molecule has 0 amide bonds. The van der Waals surface area contributed by atoms with Gasteiger partial charge in [0.2, 0.25) is 0 Å². The molecule has 1 saturated heterocycles. The van der Waals surface area contributed by atoms with Crippen molar-refractivity contribution in [2.24, 2.45) is 0 Å². The van der Waals surface area contributed by atoms with Crippen molar-refractivity contribution in [2.45, 2.75) is 55.6 Å². The van der Waals surface area contributed by atoms with Gasteiger partial charge < -0.3 is 5.41 Å². The maximum atomic E-state index is 13.3. The minimum Gasteiger partial charge on any atom is -0.308 e. The number of benzene rings is 1. The van der Waals surface area contributed by atoms with Crippen LogP contribution >= 0.6 is 0 Å². The molecule has 1 atom stereocenters. The average molecular weight is 427 g/mol. The zero-order valence-electron chi connectivity index (χ0n) is 17.5. The topological polar surface area (TPSA) is 77.4 Å². The standard InChI is InChI=1S/C23H30N4O2S/c1-26(20-6-3-2-4-7-20)21-14-15-27(17-21)30(28,29)23-9-5-8-22(25-23)19-12-10-18(16-24)11-13-19/h5,8-13,16,20-21,24H,2-4,6-7,14-15,17H2,1H3. The molecule has 1 N–H and O–H groups in total. The zero-order valence-corrected chi connectivity index (χ0v) is 18.3. The van der Waals surface area contributed by atoms with E-state index in [2.05, 4.69) is 16.9 Å². The Hall–Kier alpha value is -2.09. The van der Waals surface area contributed by atoms with Gasteiger partial charge in [-0.2, -0.15) is 4.31 Å². The lowest BCUT2D eigenvalue weighted by Crippen LogP contribution is -2.43. The van der Waals surface area contributed by atoms with E-state index in [0.717, 1.165) is 17.5 Å². The summed E-state index contributed by atoms with van der Waals surface area (Å²) in [4.78, 5) is 6.89. The van der Waals surface area contributed by atoms with Crippen LogP contribution in [-0.4, -0.2) is 61.0 Å². The minimum atomic E-state index is -3.62. The molecule has 1 aromatic heterocycles. The van der Waals surface area contributed by atoms with Crippen LogP contribution < -0.4 is 0 Å². The first-order chi connectivity index (χ1) is 14.5. The van der Waals surface area contributed by atoms with E-state index < -0.39 is 10.0 Å². The van der Waals surface area contributed by atoms with Crippen LogP contribution in [0, 0.1) is 5.41 Å². The lowest BCUT2D eigenvalue weighted by atomic mass is 9.93. The molecule has 2 heterocycles. The Morgan fingerprint density at radius 2 is 1.77 bits per heavy atom. The van der Waals surface area contributed by atoms with Gasteiger partial charge in [-0.05, 0) is 44.0 Å². The SMILES string of the molecule is CN(C1CCCCC1)C1CCN(S(=O)(=O)c2cccc(-c3ccc(C=N)cc3)n2)C1. The predicted molar refractivity (Wildman–Crippen MR) is 119 cm³/mol. The van der Waals surface area contributed by atoms with Crippen LogP contribution in [-0.2, 0) is 10.0 Å². The van der Waals surface area contributed by atoms with Crippen molar-refractivity contribution in [1.29, 1.82) is 5.41 Å². The van der Waals surface area contributed by atoms with Crippen LogP contribution in [0.3, 0.4) is 0 Å². The van der Waals surface area contributed by atoms with Crippen molar-refractivity contribution in [3.05, 3.63) is 48.0 Å². The number of hydrogen-bond acceptors (Lipinski definition) is 5. The fraction of sp³-hybridized carbons (Fsp3) is 0.478. The number of pyridine rings is 1. The van der Waals surface area contributed by atoms with Gasteiger partial charge in [-0.3, -0.25) is 4.90 Å². The summed E-state index contributed by atoms with van der Waals surface area (Å²) in [6.07, 6.45) is 8.48. The van der Waals surface area contributed by atoms with Gasteiger partial charge in [0.1, 0.15) is 0 Å². The first-order valence-corrected chi connectivity index (χ1v) is 12.2. The molecule has 1 aliphatic heterocycles. The van der Waals surface area contributed by atoms with Crippen molar-refractivity contribution in [1.82, 2.24) is 14.2 Å². The molecule has 160 valence electrons. The van der Waals surface area contributed by atoms with Crippen LogP contribution in [0.1, 0.15) is 44.1 Å². The second-order valence-corrected chi connectivity index (χ2v) is 10.3. The molecule has 0 spiro atoms. The van der Waals surface area contributed by atoms with Crippen LogP contribution in [0.25, 0.3) is 11.3 Å². The molecule has 7 heteroatoms. The summed E-state index contributed by atoms with van der Waals surface area (Å²) in [5.41, 5.74) is 2.27. The molecule has 2 aliphatic rings. The number of nitrogens with one attached hydrogen (secondary N) is 1. The first-order valence-electron chi connectivity index (χ1n) is 10.8. The molecule has 2 fully saturated rings. The fourth-order valence-electron chi connectivity index (χ4n) is 4.65. The van der Waals surface area contributed by atoms with Crippen LogP contribution in [0.15, 0.2) is 47.5 Å². The number of rotatable bonds is 6. The molecule has 4 rings (SSSR count). The highest BCUT2D eigenvalue weighted by Gasteiger charge is 2.37. The van der Waals surface area contributed by atoms with Gasteiger partial charge in [0.25, 0.3) is 10.0 Å². The third kappa shape index (κ3) is 4.33. The normalized spacial score (nSPS) is 21.2. The van der Waals surface area contributed by atoms with Gasteiger partial charge in [0.05, 0.1) is 5.69 Å². The summed E-state index contributed by atoms with van der Waals surface area (Å²) in [5.74, 6) is 0. The smallest absolute Gasteiger partial charge is 0.260 e. The fourth-order valence-corrected chi connectivity index (χ4v) is 6.09. The highest BCUT2D eigenvalue weighted by molar-refractivity contribution is 7.89. The summed E-state index contributed by atoms with van der Waals surface area (Å²) in [5, 5.41) is 7.42. The Balaban J connectivity index is 1.50. The van der Waals surface area contributed by atoms with Gasteiger partial charge in [0.15, 0.2) is 5.03 Å². The summed E-state index contributed by atoms with van der Waals surface area (Å²) < 4.78 is 28.2. The molecule has 30 heavy (non-hydrogen) atoms. The molecule has 1 saturated carbocycles. The summed E-state index contributed by atoms with van der Waals surface area (Å²) in [6.45, 7) is 1.08. The largest absolute Gasteiger partial charge is 0.308 e. The Bertz CT molecular complexity index is 985. The van der Waals surface area contributed by atoms with Crippen molar-refractivity contribution in [3.8, 4) is 11.3 Å². The molecule has 0 radical (unpaired) electrons. The van der Waals surface area contributed by atoms with Gasteiger partial charge in [0, 0.05) is 37.0 Å². The van der Waals surface area contributed by atoms with E-state index in [4.69, 9.17) is 5.41 Å². The van der Waals surface area contributed by atoms with E-state index in [0.29, 0.717) is 24.8 Å². The summed E-state index contributed by atoms with van der Waals surface area (Å²) >= 11 is 0. The highest BCUT2D eigenvalue weighted by Crippen LogP contribution is 2.29. The van der Waals surface area contributed by atoms with Gasteiger partial charge in [-0.25, -0.2) is 13.4 Å². The molecule has 1 aliphatic carbocycles. The predicted octanol–water partition coefficient (Wildman–Crippen LogP) is 3.77. The van der Waals surface area contributed by atoms with E-state index in [9.17, 15) is 8.42 Å². The maximum Gasteiger partial charge on any atom is 0.260 e. The lowest BCUT2D eigenvalue weighted by Gasteiger charge is -2.35. The van der Waals surface area contributed by atoms with Crippen LogP contribution in [0.4, 0.5) is 0 Å². The Morgan fingerprint density at radius 3 is 2.47 bits per heavy atom. The van der Waals surface area contributed by atoms with Crippen molar-refractivity contribution in [3.63, 3.8) is 0 Å². The monoisotopic (exact) mass is 426 g/mol. The lowest BCUT2D eigenvalue weighted by molar-refractivity contribution is 0.143. The maximum absolute atomic E-state index is 13.3. The molecule has 0 bridgehead atoms. The van der Waals surface area contributed by atoms with E-state index in [-0.39, 0.29) is 11.1 Å². The van der Waals surface area contributed by atoms with E-state index in [1.165, 1.54) is 38.3 Å². The van der Waals surface area contributed by atoms with Crippen molar-refractivity contribution >= 4 is 16.2 Å². The van der Waals surface area contributed by atoms with E-state index >= 15 is 0 Å². The third-order valence-electron chi connectivity index (χ3n) is 6.55. The molecular formula is C23H30N4O2S. The van der Waals surface area contributed by atoms with Gasteiger partial charge >= 0.3 is 0 Å². The second-order valence-electron chi connectivity index (χ2n) is 8.39. The number of nitrogens with zero attached hydrogens (tertiary/aromatic N) is 3. The Morgan fingerprint density at radius 1 is 1.03 bits per heavy atom. The number of sulfonamides is 1. The first kappa shape index (κ1) is 21.2. The van der Waals surface area contributed by atoms with Crippen molar-refractivity contribution < 1.29 is 8.42 Å². The number of likely N-dealkylation sites (N-methyl/N-ethyl adjacent to an activating group) is 1. The Kier molecular flexibility index (Phi) is 6.32. The molecule has 1 unspecified atom stereocenters. The minimum absolute atomic E-state index is 0.108. The summed E-state index contributed by atoms with van der Waals surface area (Å²) in [6, 6.07) is 13.4. The molecule has 2 aromatic rings. The number of aromatic nitrogens is 1. The quantitative estimate of drug-likeness (QED) is 0.713. The van der Waals surface area contributed by atoms with E-state index in [1.807, 2.05) is 30.3 Å². The number of hydrogen-bond donors (Lipinski definition) is 1. The van der Waals surface area contributed by atoms with Crippen LogP contribution in [0.2, 0.25) is 0 Å². The summed E-state index contributed by atoms with van der Waals surface area (Å²) in [7, 11) is -1.46. The second kappa shape index (κ2) is 8.96. The van der Waals surface area contributed by atoms with Crippen molar-refractivity contribution in [2.75, 3.05) is 20.1 Å². The van der Waals surface area contributed by atoms with Gasteiger partial charge in [-0.15, -0.1) is 0 Å². The highest BCUT2D eigenvalue weighted by atomic mass is 32.2. The van der Waals surface area contributed by atoms with Gasteiger partial charge in [-0.1, -0.05) is 49.6 Å². The zero-order chi connectivity index (χ0) is 21.1. The molecule has 1 aromatic carbocycles. The Labute approximate surface area is 179 Å². The third-order valence-corrected chi connectivity index (χ3v) is 8.32.